The standard InChI is InChI=1S/C15H19N5S/c16-11-7-2-1-6-10-13-19-20-14(17-18-15(20)21-13)12-8-4-3-5-9-12/h3-5,8-9H,1-2,6-7,10-11,16H2. The van der Waals surface area contributed by atoms with E-state index in [2.05, 4.69) is 15.3 Å². The van der Waals surface area contributed by atoms with Crippen LogP contribution in [0.2, 0.25) is 0 Å². The first-order chi connectivity index (χ1) is 10.4. The largest absolute Gasteiger partial charge is 0.330 e. The molecule has 6 heteroatoms. The van der Waals surface area contributed by atoms with Crippen LogP contribution in [0.4, 0.5) is 0 Å². The van der Waals surface area contributed by atoms with Crippen molar-refractivity contribution in [3.63, 3.8) is 0 Å². The molecule has 0 atom stereocenters. The molecule has 110 valence electrons. The van der Waals surface area contributed by atoms with Gasteiger partial charge < -0.3 is 5.73 Å². The van der Waals surface area contributed by atoms with E-state index in [4.69, 9.17) is 5.73 Å². The van der Waals surface area contributed by atoms with Crippen LogP contribution in [0.15, 0.2) is 30.3 Å². The first-order valence-corrected chi connectivity index (χ1v) is 8.17. The Balaban J connectivity index is 1.71. The summed E-state index contributed by atoms with van der Waals surface area (Å²) in [6.07, 6.45) is 5.69. The van der Waals surface area contributed by atoms with Gasteiger partial charge in [0.25, 0.3) is 0 Å². The molecule has 0 saturated carbocycles. The predicted molar refractivity (Wildman–Crippen MR) is 85.3 cm³/mol. The maximum atomic E-state index is 5.50. The molecule has 0 saturated heterocycles. The molecular weight excluding hydrogens is 282 g/mol. The number of aromatic nitrogens is 4. The van der Waals surface area contributed by atoms with Crippen LogP contribution < -0.4 is 5.73 Å². The van der Waals surface area contributed by atoms with Crippen LogP contribution in [0.5, 0.6) is 0 Å². The molecule has 0 fully saturated rings. The van der Waals surface area contributed by atoms with Crippen molar-refractivity contribution in [2.24, 2.45) is 5.73 Å². The highest BCUT2D eigenvalue weighted by atomic mass is 32.1. The summed E-state index contributed by atoms with van der Waals surface area (Å²) >= 11 is 1.63. The van der Waals surface area contributed by atoms with Crippen LogP contribution in [0, 0.1) is 0 Å². The van der Waals surface area contributed by atoms with E-state index < -0.39 is 0 Å². The molecule has 0 aliphatic heterocycles. The zero-order chi connectivity index (χ0) is 14.5. The topological polar surface area (TPSA) is 69.1 Å². The molecule has 3 aromatic rings. The Bertz CT molecular complexity index is 688. The highest BCUT2D eigenvalue weighted by Gasteiger charge is 2.12. The Morgan fingerprint density at radius 2 is 1.81 bits per heavy atom. The van der Waals surface area contributed by atoms with Gasteiger partial charge in [0.1, 0.15) is 5.01 Å². The summed E-state index contributed by atoms with van der Waals surface area (Å²) in [5.74, 6) is 0.816. The fraction of sp³-hybridized carbons (Fsp3) is 0.400. The number of hydrogen-bond donors (Lipinski definition) is 1. The van der Waals surface area contributed by atoms with Gasteiger partial charge in [0.2, 0.25) is 4.96 Å². The highest BCUT2D eigenvalue weighted by Crippen LogP contribution is 2.22. The van der Waals surface area contributed by atoms with Crippen molar-refractivity contribution in [1.82, 2.24) is 19.8 Å². The molecule has 2 aromatic heterocycles. The maximum absolute atomic E-state index is 5.50. The number of nitrogens with zero attached hydrogens (tertiary/aromatic N) is 4. The van der Waals surface area contributed by atoms with Gasteiger partial charge in [0.15, 0.2) is 5.82 Å². The van der Waals surface area contributed by atoms with E-state index in [-0.39, 0.29) is 0 Å². The SMILES string of the molecule is NCCCCCCc1nn2c(-c3ccccc3)nnc2s1. The quantitative estimate of drug-likeness (QED) is 0.681. The monoisotopic (exact) mass is 301 g/mol. The number of unbranched alkanes of at least 4 members (excludes halogenated alkanes) is 3. The average molecular weight is 301 g/mol. The normalized spacial score (nSPS) is 11.3. The molecule has 0 aliphatic carbocycles. The Morgan fingerprint density at radius 1 is 1.00 bits per heavy atom. The summed E-state index contributed by atoms with van der Waals surface area (Å²) in [4.78, 5) is 0.866. The molecule has 1 aromatic carbocycles. The van der Waals surface area contributed by atoms with Crippen molar-refractivity contribution in [1.29, 1.82) is 0 Å². The number of benzene rings is 1. The van der Waals surface area contributed by atoms with Gasteiger partial charge >= 0.3 is 0 Å². The highest BCUT2D eigenvalue weighted by molar-refractivity contribution is 7.16. The van der Waals surface area contributed by atoms with Crippen molar-refractivity contribution >= 4 is 16.3 Å². The van der Waals surface area contributed by atoms with Crippen LogP contribution >= 0.6 is 11.3 Å². The van der Waals surface area contributed by atoms with E-state index in [0.29, 0.717) is 0 Å². The molecule has 0 bridgehead atoms. The number of rotatable bonds is 7. The second-order valence-electron chi connectivity index (χ2n) is 5.03. The summed E-state index contributed by atoms with van der Waals surface area (Å²) in [7, 11) is 0. The van der Waals surface area contributed by atoms with Gasteiger partial charge in [-0.15, -0.1) is 10.2 Å². The zero-order valence-electron chi connectivity index (χ0n) is 11.9. The average Bonchev–Trinajstić information content (AvgIpc) is 3.08. The Kier molecular flexibility index (Phi) is 4.57. The molecule has 21 heavy (non-hydrogen) atoms. The third-order valence-electron chi connectivity index (χ3n) is 3.41. The molecular formula is C15H19N5S. The minimum absolute atomic E-state index is 0.789. The number of fused-ring (bicyclic) bond motifs is 1. The Morgan fingerprint density at radius 3 is 2.62 bits per heavy atom. The van der Waals surface area contributed by atoms with Crippen molar-refractivity contribution < 1.29 is 0 Å². The molecule has 5 nitrogen and oxygen atoms in total. The summed E-state index contributed by atoms with van der Waals surface area (Å²) < 4.78 is 1.86. The van der Waals surface area contributed by atoms with Crippen molar-refractivity contribution in [2.75, 3.05) is 6.54 Å². The van der Waals surface area contributed by atoms with Gasteiger partial charge in [-0.3, -0.25) is 0 Å². The third-order valence-corrected chi connectivity index (χ3v) is 4.37. The second kappa shape index (κ2) is 6.78. The predicted octanol–water partition coefficient (Wildman–Crippen LogP) is 2.91. The van der Waals surface area contributed by atoms with Gasteiger partial charge in [0, 0.05) is 12.0 Å². The van der Waals surface area contributed by atoms with Gasteiger partial charge in [-0.25, -0.2) is 0 Å². The van der Waals surface area contributed by atoms with Gasteiger partial charge in [-0.2, -0.15) is 9.61 Å². The van der Waals surface area contributed by atoms with Crippen molar-refractivity contribution in [2.45, 2.75) is 32.1 Å². The smallest absolute Gasteiger partial charge is 0.234 e. The second-order valence-corrected chi connectivity index (χ2v) is 6.07. The molecule has 3 rings (SSSR count). The van der Waals surface area contributed by atoms with E-state index in [1.807, 2.05) is 34.8 Å². The lowest BCUT2D eigenvalue weighted by atomic mass is 10.1. The van der Waals surface area contributed by atoms with E-state index in [1.54, 1.807) is 11.3 Å². The van der Waals surface area contributed by atoms with Gasteiger partial charge in [-0.05, 0) is 19.4 Å². The van der Waals surface area contributed by atoms with Crippen LogP contribution in [-0.4, -0.2) is 26.4 Å². The van der Waals surface area contributed by atoms with Crippen molar-refractivity contribution in [3.05, 3.63) is 35.3 Å². The van der Waals surface area contributed by atoms with E-state index in [1.165, 1.54) is 12.8 Å². The number of aryl methyl sites for hydroxylation is 1. The minimum Gasteiger partial charge on any atom is -0.330 e. The minimum atomic E-state index is 0.789. The summed E-state index contributed by atoms with van der Waals surface area (Å²) in [6, 6.07) is 10.1. The number of hydrogen-bond acceptors (Lipinski definition) is 5. The zero-order valence-corrected chi connectivity index (χ0v) is 12.7. The Labute approximate surface area is 127 Å². The maximum Gasteiger partial charge on any atom is 0.234 e. The van der Waals surface area contributed by atoms with E-state index >= 15 is 0 Å². The van der Waals surface area contributed by atoms with Crippen LogP contribution in [0.25, 0.3) is 16.3 Å². The lowest BCUT2D eigenvalue weighted by Crippen LogP contribution is -1.98. The van der Waals surface area contributed by atoms with E-state index in [0.717, 1.165) is 47.2 Å². The third kappa shape index (κ3) is 3.28. The summed E-state index contributed by atoms with van der Waals surface area (Å²) in [5, 5.41) is 14.2. The van der Waals surface area contributed by atoms with Gasteiger partial charge in [0.05, 0.1) is 0 Å². The molecule has 2 N–H and O–H groups in total. The lowest BCUT2D eigenvalue weighted by molar-refractivity contribution is 0.642. The van der Waals surface area contributed by atoms with Crippen LogP contribution in [-0.2, 0) is 6.42 Å². The van der Waals surface area contributed by atoms with Crippen molar-refractivity contribution in [3.8, 4) is 11.4 Å². The molecule has 0 amide bonds. The molecule has 2 heterocycles. The Hall–Kier alpha value is -1.79. The fourth-order valence-electron chi connectivity index (χ4n) is 2.30. The summed E-state index contributed by atoms with van der Waals surface area (Å²) in [6.45, 7) is 0.789. The molecule has 0 aliphatic rings. The molecule has 0 radical (unpaired) electrons. The molecule has 0 spiro atoms. The number of nitrogens with two attached hydrogens (primary N) is 1. The van der Waals surface area contributed by atoms with E-state index in [9.17, 15) is 0 Å². The van der Waals surface area contributed by atoms with Gasteiger partial charge in [-0.1, -0.05) is 54.5 Å². The first-order valence-electron chi connectivity index (χ1n) is 7.35. The fourth-order valence-corrected chi connectivity index (χ4v) is 3.17. The van der Waals surface area contributed by atoms with Crippen LogP contribution in [0.1, 0.15) is 30.7 Å². The lowest BCUT2D eigenvalue weighted by Gasteiger charge is -1.97. The molecule has 0 unspecified atom stereocenters. The first kappa shape index (κ1) is 14.2. The van der Waals surface area contributed by atoms with Crippen LogP contribution in [0.3, 0.4) is 0 Å². The summed E-state index contributed by atoms with van der Waals surface area (Å²) in [5.41, 5.74) is 6.55.